The van der Waals surface area contributed by atoms with Crippen LogP contribution in [0.5, 0.6) is 0 Å². The smallest absolute Gasteiger partial charge is 0.0931 e. The largest absolute Gasteiger partial charge is 0.271 e. The van der Waals surface area contributed by atoms with Crippen LogP contribution in [0.3, 0.4) is 0 Å². The molecule has 3 N–H and O–H groups in total. The Labute approximate surface area is 132 Å². The highest BCUT2D eigenvalue weighted by Crippen LogP contribution is 2.41. The van der Waals surface area contributed by atoms with E-state index in [0.29, 0.717) is 17.4 Å². The molecule has 0 bridgehead atoms. The van der Waals surface area contributed by atoms with Gasteiger partial charge in [0.15, 0.2) is 0 Å². The van der Waals surface area contributed by atoms with Crippen LogP contribution in [0.15, 0.2) is 12.1 Å². The van der Waals surface area contributed by atoms with Gasteiger partial charge in [-0.3, -0.25) is 11.3 Å². The van der Waals surface area contributed by atoms with E-state index >= 15 is 0 Å². The fourth-order valence-corrected chi connectivity index (χ4v) is 4.57. The second kappa shape index (κ2) is 6.78. The minimum Gasteiger partial charge on any atom is -0.271 e. The molecule has 0 aliphatic heterocycles. The highest BCUT2D eigenvalue weighted by Gasteiger charge is 2.32. The van der Waals surface area contributed by atoms with E-state index in [-0.39, 0.29) is 0 Å². The van der Waals surface area contributed by atoms with Gasteiger partial charge in [-0.15, -0.1) is 11.3 Å². The predicted octanol–water partition coefficient (Wildman–Crippen LogP) is 4.63. The molecule has 20 heavy (non-hydrogen) atoms. The Bertz CT molecular complexity index is 416. The first-order chi connectivity index (χ1) is 9.40. The van der Waals surface area contributed by atoms with Crippen LogP contribution in [-0.2, 0) is 6.42 Å². The summed E-state index contributed by atoms with van der Waals surface area (Å²) < 4.78 is 0.868. The summed E-state index contributed by atoms with van der Waals surface area (Å²) in [7, 11) is 0. The molecule has 2 rings (SSSR count). The molecule has 2 nitrogen and oxygen atoms in total. The zero-order valence-electron chi connectivity index (χ0n) is 12.8. The third kappa shape index (κ3) is 4.20. The summed E-state index contributed by atoms with van der Waals surface area (Å²) in [5, 5.41) is 0. The van der Waals surface area contributed by atoms with Gasteiger partial charge in [0.2, 0.25) is 0 Å². The van der Waals surface area contributed by atoms with Crippen LogP contribution < -0.4 is 11.3 Å². The molecular formula is C16H27ClN2S. The van der Waals surface area contributed by atoms with Crippen molar-refractivity contribution in [2.75, 3.05) is 0 Å². The fraction of sp³-hybridized carbons (Fsp3) is 0.750. The summed E-state index contributed by atoms with van der Waals surface area (Å²) >= 11 is 7.68. The molecule has 1 heterocycles. The van der Waals surface area contributed by atoms with Crippen LogP contribution in [-0.4, -0.2) is 6.04 Å². The van der Waals surface area contributed by atoms with E-state index in [4.69, 9.17) is 17.4 Å². The van der Waals surface area contributed by atoms with Gasteiger partial charge in [0.05, 0.1) is 4.34 Å². The SMILES string of the molecule is CC(C)(C)C1CCC(C(Cc2ccc(Cl)s2)NN)CC1. The van der Waals surface area contributed by atoms with E-state index in [9.17, 15) is 0 Å². The molecule has 1 fully saturated rings. The predicted molar refractivity (Wildman–Crippen MR) is 89.0 cm³/mol. The molecule has 1 aliphatic rings. The molecule has 0 aromatic carbocycles. The second-order valence-corrected chi connectivity index (χ2v) is 8.96. The zero-order valence-corrected chi connectivity index (χ0v) is 14.4. The quantitative estimate of drug-likeness (QED) is 0.628. The van der Waals surface area contributed by atoms with Crippen molar-refractivity contribution in [2.24, 2.45) is 23.1 Å². The number of hydrazine groups is 1. The van der Waals surface area contributed by atoms with Gasteiger partial charge in [0, 0.05) is 10.9 Å². The Balaban J connectivity index is 1.90. The molecule has 4 heteroatoms. The van der Waals surface area contributed by atoms with Gasteiger partial charge in [0.1, 0.15) is 0 Å². The first kappa shape index (κ1) is 16.3. The standard InChI is InChI=1S/C16H27ClN2S/c1-16(2,3)12-6-4-11(5-7-12)14(19-18)10-13-8-9-15(17)20-13/h8-9,11-12,14,19H,4-7,10,18H2,1-3H3. The third-order valence-electron chi connectivity index (χ3n) is 4.83. The summed E-state index contributed by atoms with van der Waals surface area (Å²) in [5.41, 5.74) is 3.49. The van der Waals surface area contributed by atoms with Crippen molar-refractivity contribution >= 4 is 22.9 Å². The highest BCUT2D eigenvalue weighted by atomic mass is 35.5. The molecule has 1 aliphatic carbocycles. The molecule has 114 valence electrons. The summed E-state index contributed by atoms with van der Waals surface area (Å²) in [6.07, 6.45) is 6.24. The second-order valence-electron chi connectivity index (χ2n) is 7.16. The Hall–Kier alpha value is -0.0900. The fourth-order valence-electron chi connectivity index (χ4n) is 3.43. The van der Waals surface area contributed by atoms with Gasteiger partial charge < -0.3 is 0 Å². The number of hydrogen-bond acceptors (Lipinski definition) is 3. The molecular weight excluding hydrogens is 288 g/mol. The van der Waals surface area contributed by atoms with Crippen LogP contribution in [0, 0.1) is 17.3 Å². The lowest BCUT2D eigenvalue weighted by Gasteiger charge is -2.39. The summed E-state index contributed by atoms with van der Waals surface area (Å²) in [6.45, 7) is 7.10. The maximum Gasteiger partial charge on any atom is 0.0931 e. The Kier molecular flexibility index (Phi) is 5.52. The van der Waals surface area contributed by atoms with E-state index in [1.807, 2.05) is 6.07 Å². The topological polar surface area (TPSA) is 38.0 Å². The van der Waals surface area contributed by atoms with Gasteiger partial charge in [-0.05, 0) is 61.5 Å². The van der Waals surface area contributed by atoms with Crippen molar-refractivity contribution < 1.29 is 0 Å². The lowest BCUT2D eigenvalue weighted by Crippen LogP contribution is -2.44. The van der Waals surface area contributed by atoms with Crippen molar-refractivity contribution in [3.63, 3.8) is 0 Å². The van der Waals surface area contributed by atoms with Crippen LogP contribution in [0.4, 0.5) is 0 Å². The summed E-state index contributed by atoms with van der Waals surface area (Å²) in [6, 6.07) is 4.48. The molecule has 1 aromatic rings. The lowest BCUT2D eigenvalue weighted by atomic mass is 9.68. The van der Waals surface area contributed by atoms with Crippen LogP contribution >= 0.6 is 22.9 Å². The number of thiophene rings is 1. The van der Waals surface area contributed by atoms with Crippen molar-refractivity contribution in [3.05, 3.63) is 21.3 Å². The van der Waals surface area contributed by atoms with Gasteiger partial charge >= 0.3 is 0 Å². The Morgan fingerprint density at radius 1 is 1.30 bits per heavy atom. The molecule has 0 amide bonds. The molecule has 1 aromatic heterocycles. The number of nitrogens with one attached hydrogen (secondary N) is 1. The van der Waals surface area contributed by atoms with Crippen LogP contribution in [0.25, 0.3) is 0 Å². The monoisotopic (exact) mass is 314 g/mol. The molecule has 1 atom stereocenters. The average molecular weight is 315 g/mol. The van der Waals surface area contributed by atoms with Gasteiger partial charge in [-0.2, -0.15) is 0 Å². The number of nitrogens with two attached hydrogens (primary N) is 1. The number of halogens is 1. The first-order valence-electron chi connectivity index (χ1n) is 7.60. The van der Waals surface area contributed by atoms with Crippen LogP contribution in [0.2, 0.25) is 4.34 Å². The minimum absolute atomic E-state index is 0.380. The molecule has 0 saturated heterocycles. The van der Waals surface area contributed by atoms with E-state index in [1.165, 1.54) is 30.6 Å². The number of hydrogen-bond donors (Lipinski definition) is 2. The van der Waals surface area contributed by atoms with E-state index in [1.54, 1.807) is 11.3 Å². The van der Waals surface area contributed by atoms with Crippen molar-refractivity contribution in [1.29, 1.82) is 0 Å². The molecule has 0 spiro atoms. The Morgan fingerprint density at radius 2 is 1.95 bits per heavy atom. The van der Waals surface area contributed by atoms with Crippen molar-refractivity contribution in [2.45, 2.75) is 58.9 Å². The normalized spacial score (nSPS) is 25.6. The first-order valence-corrected chi connectivity index (χ1v) is 8.80. The zero-order chi connectivity index (χ0) is 14.8. The number of rotatable bonds is 4. The van der Waals surface area contributed by atoms with Gasteiger partial charge in [0.25, 0.3) is 0 Å². The average Bonchev–Trinajstić information content (AvgIpc) is 2.81. The van der Waals surface area contributed by atoms with E-state index in [2.05, 4.69) is 32.3 Å². The summed E-state index contributed by atoms with van der Waals surface area (Å²) in [4.78, 5) is 1.33. The Morgan fingerprint density at radius 3 is 2.40 bits per heavy atom. The molecule has 0 radical (unpaired) electrons. The van der Waals surface area contributed by atoms with E-state index < -0.39 is 0 Å². The van der Waals surface area contributed by atoms with E-state index in [0.717, 1.165) is 16.7 Å². The lowest BCUT2D eigenvalue weighted by molar-refractivity contribution is 0.132. The van der Waals surface area contributed by atoms with Crippen LogP contribution in [0.1, 0.15) is 51.3 Å². The van der Waals surface area contributed by atoms with Crippen molar-refractivity contribution in [1.82, 2.24) is 5.43 Å². The van der Waals surface area contributed by atoms with Gasteiger partial charge in [-0.1, -0.05) is 32.4 Å². The minimum atomic E-state index is 0.380. The van der Waals surface area contributed by atoms with Gasteiger partial charge in [-0.25, -0.2) is 0 Å². The molecule has 1 unspecified atom stereocenters. The maximum atomic E-state index is 6.01. The van der Waals surface area contributed by atoms with Crippen molar-refractivity contribution in [3.8, 4) is 0 Å². The molecule has 1 saturated carbocycles. The highest BCUT2D eigenvalue weighted by molar-refractivity contribution is 7.16. The maximum absolute atomic E-state index is 6.01. The third-order valence-corrected chi connectivity index (χ3v) is 6.08. The summed E-state index contributed by atoms with van der Waals surface area (Å²) in [5.74, 6) is 7.35.